The summed E-state index contributed by atoms with van der Waals surface area (Å²) in [5.74, 6) is -0.700. The summed E-state index contributed by atoms with van der Waals surface area (Å²) >= 11 is 0. The Morgan fingerprint density at radius 1 is 1.07 bits per heavy atom. The Hall–Kier alpha value is -3.00. The fourth-order valence-corrected chi connectivity index (χ4v) is 3.71. The maximum Gasteiger partial charge on any atom is 0.418 e. The van der Waals surface area contributed by atoms with Gasteiger partial charge in [-0.3, -0.25) is 4.79 Å². The molecule has 0 saturated carbocycles. The molecule has 2 heterocycles. The molecule has 1 aromatic heterocycles. The van der Waals surface area contributed by atoms with E-state index in [-0.39, 0.29) is 11.4 Å². The first-order valence-electron chi connectivity index (χ1n) is 9.68. The highest BCUT2D eigenvalue weighted by Gasteiger charge is 2.35. The van der Waals surface area contributed by atoms with E-state index in [9.17, 15) is 18.0 Å². The topological polar surface area (TPSA) is 48.7 Å². The van der Waals surface area contributed by atoms with Crippen molar-refractivity contribution in [3.8, 4) is 0 Å². The molecule has 0 unspecified atom stereocenters. The first-order valence-corrected chi connectivity index (χ1v) is 9.68. The molecule has 0 aliphatic carbocycles. The number of piperazine rings is 1. The van der Waals surface area contributed by atoms with Gasteiger partial charge < -0.3 is 19.5 Å². The van der Waals surface area contributed by atoms with Crippen molar-refractivity contribution in [2.75, 3.05) is 43.4 Å². The van der Waals surface area contributed by atoms with Crippen molar-refractivity contribution in [3.63, 3.8) is 0 Å². The Bertz CT molecular complexity index is 1080. The lowest BCUT2D eigenvalue weighted by Gasteiger charge is -2.34. The molecule has 30 heavy (non-hydrogen) atoms. The van der Waals surface area contributed by atoms with Crippen LogP contribution in [0.3, 0.4) is 0 Å². The first kappa shape index (κ1) is 20.3. The SMILES string of the molecule is Cc1c(C(=O)Nc2ccc(N3CCN(C)CC3)cc2C(F)(F)F)oc2ccccc12. The fourth-order valence-electron chi connectivity index (χ4n) is 3.71. The average molecular weight is 417 g/mol. The van der Waals surface area contributed by atoms with Gasteiger partial charge in [-0.15, -0.1) is 0 Å². The lowest BCUT2D eigenvalue weighted by molar-refractivity contribution is -0.136. The standard InChI is InChI=1S/C22H22F3N3O2/c1-14-16-5-3-4-6-19(16)30-20(14)21(29)26-18-8-7-15(13-17(18)22(23,24)25)28-11-9-27(2)10-12-28/h3-8,13H,9-12H2,1-2H3,(H,26,29). The van der Waals surface area contributed by atoms with E-state index >= 15 is 0 Å². The summed E-state index contributed by atoms with van der Waals surface area (Å²) in [7, 11) is 1.98. The summed E-state index contributed by atoms with van der Waals surface area (Å²) in [6.07, 6.45) is -4.60. The normalized spacial score (nSPS) is 15.6. The van der Waals surface area contributed by atoms with Crippen LogP contribution < -0.4 is 10.2 Å². The maximum absolute atomic E-state index is 13.8. The van der Waals surface area contributed by atoms with E-state index in [4.69, 9.17) is 4.42 Å². The molecule has 1 aliphatic heterocycles. The Morgan fingerprint density at radius 3 is 2.43 bits per heavy atom. The van der Waals surface area contributed by atoms with E-state index in [0.29, 0.717) is 29.9 Å². The highest BCUT2D eigenvalue weighted by atomic mass is 19.4. The van der Waals surface area contributed by atoms with Crippen LogP contribution in [0.4, 0.5) is 24.5 Å². The number of rotatable bonds is 3. The van der Waals surface area contributed by atoms with E-state index in [1.54, 1.807) is 31.2 Å². The minimum atomic E-state index is -4.60. The monoisotopic (exact) mass is 417 g/mol. The summed E-state index contributed by atoms with van der Waals surface area (Å²) in [5.41, 5.74) is 0.437. The molecule has 8 heteroatoms. The largest absolute Gasteiger partial charge is 0.451 e. The Labute approximate surface area is 172 Å². The van der Waals surface area contributed by atoms with Crippen molar-refractivity contribution in [1.29, 1.82) is 0 Å². The first-order chi connectivity index (χ1) is 14.2. The summed E-state index contributed by atoms with van der Waals surface area (Å²) in [6.45, 7) is 4.58. The van der Waals surface area contributed by atoms with Gasteiger partial charge in [-0.25, -0.2) is 0 Å². The van der Waals surface area contributed by atoms with Crippen molar-refractivity contribution in [2.45, 2.75) is 13.1 Å². The summed E-state index contributed by atoms with van der Waals surface area (Å²) in [4.78, 5) is 16.8. The van der Waals surface area contributed by atoms with Gasteiger partial charge in [0, 0.05) is 42.8 Å². The summed E-state index contributed by atoms with van der Waals surface area (Å²) < 4.78 is 46.8. The van der Waals surface area contributed by atoms with Gasteiger partial charge in [0.25, 0.3) is 5.91 Å². The molecule has 1 amide bonds. The van der Waals surface area contributed by atoms with Gasteiger partial charge in [-0.1, -0.05) is 18.2 Å². The van der Waals surface area contributed by atoms with Crippen LogP contribution >= 0.6 is 0 Å². The molecule has 158 valence electrons. The van der Waals surface area contributed by atoms with Crippen LogP contribution in [-0.2, 0) is 6.18 Å². The van der Waals surface area contributed by atoms with Gasteiger partial charge in [-0.2, -0.15) is 13.2 Å². The number of furan rings is 1. The zero-order valence-corrected chi connectivity index (χ0v) is 16.7. The molecule has 3 aromatic rings. The maximum atomic E-state index is 13.8. The Balaban J connectivity index is 1.64. The molecule has 2 aromatic carbocycles. The molecule has 1 N–H and O–H groups in total. The number of amides is 1. The van der Waals surface area contributed by atoms with Crippen molar-refractivity contribution in [3.05, 3.63) is 59.4 Å². The van der Waals surface area contributed by atoms with Gasteiger partial charge in [0.15, 0.2) is 5.76 Å². The number of aryl methyl sites for hydroxylation is 1. The molecule has 4 rings (SSSR count). The van der Waals surface area contributed by atoms with Gasteiger partial charge in [0.1, 0.15) is 5.58 Å². The third kappa shape index (κ3) is 3.87. The van der Waals surface area contributed by atoms with E-state index in [0.717, 1.165) is 24.5 Å². The Kier molecular flexibility index (Phi) is 5.19. The number of nitrogens with one attached hydrogen (secondary N) is 1. The number of benzene rings is 2. The number of anilines is 2. The quantitative estimate of drug-likeness (QED) is 0.667. The molecule has 1 fully saturated rings. The molecule has 1 saturated heterocycles. The van der Waals surface area contributed by atoms with Crippen LogP contribution in [0.25, 0.3) is 11.0 Å². The van der Waals surface area contributed by atoms with Crippen LogP contribution in [0.15, 0.2) is 46.9 Å². The number of carbonyl (C=O) groups excluding carboxylic acids is 1. The van der Waals surface area contributed by atoms with Gasteiger partial charge in [0.05, 0.1) is 11.3 Å². The molecule has 0 spiro atoms. The average Bonchev–Trinajstić information content (AvgIpc) is 3.05. The van der Waals surface area contributed by atoms with Gasteiger partial charge in [0.2, 0.25) is 0 Å². The third-order valence-corrected chi connectivity index (χ3v) is 5.48. The number of hydrogen-bond acceptors (Lipinski definition) is 4. The number of halogens is 3. The van der Waals surface area contributed by atoms with Gasteiger partial charge >= 0.3 is 6.18 Å². The Morgan fingerprint density at radius 2 is 1.77 bits per heavy atom. The summed E-state index contributed by atoms with van der Waals surface area (Å²) in [6, 6.07) is 11.1. The molecule has 1 aliphatic rings. The third-order valence-electron chi connectivity index (χ3n) is 5.48. The number of fused-ring (bicyclic) bond motifs is 1. The predicted molar refractivity (Wildman–Crippen MR) is 110 cm³/mol. The molecular weight excluding hydrogens is 395 g/mol. The van der Waals surface area contributed by atoms with Crippen LogP contribution in [0.2, 0.25) is 0 Å². The number of alkyl halides is 3. The van der Waals surface area contributed by atoms with Crippen LogP contribution in [0.5, 0.6) is 0 Å². The number of para-hydroxylation sites is 1. The van der Waals surface area contributed by atoms with Crippen molar-refractivity contribution in [1.82, 2.24) is 4.90 Å². The molecule has 0 atom stereocenters. The van der Waals surface area contributed by atoms with E-state index < -0.39 is 17.6 Å². The zero-order chi connectivity index (χ0) is 21.5. The number of likely N-dealkylation sites (N-methyl/N-ethyl adjacent to an activating group) is 1. The van der Waals surface area contributed by atoms with Crippen molar-refractivity contribution < 1.29 is 22.4 Å². The zero-order valence-electron chi connectivity index (χ0n) is 16.7. The van der Waals surface area contributed by atoms with Crippen LogP contribution in [0.1, 0.15) is 21.7 Å². The lowest BCUT2D eigenvalue weighted by atomic mass is 10.1. The molecular formula is C22H22F3N3O2. The second kappa shape index (κ2) is 7.68. The number of nitrogens with zero attached hydrogens (tertiary/aromatic N) is 2. The van der Waals surface area contributed by atoms with Crippen LogP contribution in [0, 0.1) is 6.92 Å². The van der Waals surface area contributed by atoms with E-state index in [1.165, 1.54) is 6.07 Å². The highest BCUT2D eigenvalue weighted by Crippen LogP contribution is 2.38. The smallest absolute Gasteiger partial charge is 0.418 e. The highest BCUT2D eigenvalue weighted by molar-refractivity contribution is 6.06. The van der Waals surface area contributed by atoms with E-state index in [2.05, 4.69) is 10.2 Å². The second-order valence-corrected chi connectivity index (χ2v) is 7.52. The van der Waals surface area contributed by atoms with Gasteiger partial charge in [-0.05, 0) is 38.2 Å². The number of hydrogen-bond donors (Lipinski definition) is 1. The second-order valence-electron chi connectivity index (χ2n) is 7.52. The van der Waals surface area contributed by atoms with Crippen LogP contribution in [-0.4, -0.2) is 44.0 Å². The molecule has 0 radical (unpaired) electrons. The van der Waals surface area contributed by atoms with Crippen molar-refractivity contribution in [2.24, 2.45) is 0 Å². The molecule has 5 nitrogen and oxygen atoms in total. The minimum absolute atomic E-state index is 0.00692. The fraction of sp³-hybridized carbons (Fsp3) is 0.318. The summed E-state index contributed by atoms with van der Waals surface area (Å²) in [5, 5.41) is 3.15. The molecule has 0 bridgehead atoms. The minimum Gasteiger partial charge on any atom is -0.451 e. The predicted octanol–water partition coefficient (Wildman–Crippen LogP) is 4.76. The lowest BCUT2D eigenvalue weighted by Crippen LogP contribution is -2.44. The van der Waals surface area contributed by atoms with Crippen molar-refractivity contribution >= 4 is 28.3 Å². The number of carbonyl (C=O) groups is 1. The van der Waals surface area contributed by atoms with E-state index in [1.807, 2.05) is 18.0 Å².